The maximum absolute atomic E-state index is 11.7. The third-order valence-electron chi connectivity index (χ3n) is 2.71. The van der Waals surface area contributed by atoms with Gasteiger partial charge in [-0.05, 0) is 19.3 Å². The molecule has 1 rings (SSSR count). The molecule has 0 atom stereocenters. The summed E-state index contributed by atoms with van der Waals surface area (Å²) in [6.07, 6.45) is 4.72. The van der Waals surface area contributed by atoms with Crippen LogP contribution in [0.1, 0.15) is 32.1 Å². The van der Waals surface area contributed by atoms with Crippen LogP contribution in [0.3, 0.4) is 0 Å². The quantitative estimate of drug-likeness (QED) is 0.523. The molecule has 0 radical (unpaired) electrons. The molecule has 1 heterocycles. The number of likely N-dealkylation sites (tertiary alicyclic amines) is 1. The van der Waals surface area contributed by atoms with Crippen molar-refractivity contribution in [3.05, 3.63) is 0 Å². The normalized spacial score (nSPS) is 16.7. The molecule has 0 saturated carbocycles. The molecule has 1 aliphatic rings. The monoisotopic (exact) mass is 228 g/mol. The SMILES string of the molecule is O=C(NCCCO)C(=O)N1CCCCCC1. The molecule has 1 fully saturated rings. The van der Waals surface area contributed by atoms with Crippen LogP contribution in [0.15, 0.2) is 0 Å². The Morgan fingerprint density at radius 1 is 1.12 bits per heavy atom. The number of carbonyl (C=O) groups excluding carboxylic acids is 2. The van der Waals surface area contributed by atoms with E-state index in [1.165, 1.54) is 0 Å². The lowest BCUT2D eigenvalue weighted by Crippen LogP contribution is -2.43. The number of hydrogen-bond acceptors (Lipinski definition) is 3. The molecule has 1 aliphatic heterocycles. The first-order chi connectivity index (χ1) is 7.75. The molecular weight excluding hydrogens is 208 g/mol. The largest absolute Gasteiger partial charge is 0.396 e. The van der Waals surface area contributed by atoms with Gasteiger partial charge in [-0.25, -0.2) is 0 Å². The van der Waals surface area contributed by atoms with Gasteiger partial charge >= 0.3 is 11.8 Å². The van der Waals surface area contributed by atoms with Crippen LogP contribution in [-0.4, -0.2) is 48.1 Å². The number of nitrogens with zero attached hydrogens (tertiary/aromatic N) is 1. The Bertz CT molecular complexity index is 235. The van der Waals surface area contributed by atoms with Crippen LogP contribution < -0.4 is 5.32 Å². The van der Waals surface area contributed by atoms with Crippen molar-refractivity contribution in [2.75, 3.05) is 26.2 Å². The lowest BCUT2D eigenvalue weighted by Gasteiger charge is -2.19. The maximum Gasteiger partial charge on any atom is 0.311 e. The summed E-state index contributed by atoms with van der Waals surface area (Å²) in [5, 5.41) is 11.1. The fraction of sp³-hybridized carbons (Fsp3) is 0.818. The Morgan fingerprint density at radius 2 is 1.75 bits per heavy atom. The molecule has 1 saturated heterocycles. The number of hydrogen-bond donors (Lipinski definition) is 2. The van der Waals surface area contributed by atoms with E-state index in [4.69, 9.17) is 5.11 Å². The van der Waals surface area contributed by atoms with E-state index in [0.29, 0.717) is 26.1 Å². The summed E-state index contributed by atoms with van der Waals surface area (Å²) in [6.45, 7) is 1.76. The molecule has 0 aromatic rings. The summed E-state index contributed by atoms with van der Waals surface area (Å²) in [4.78, 5) is 24.8. The van der Waals surface area contributed by atoms with Gasteiger partial charge in [0.25, 0.3) is 0 Å². The van der Waals surface area contributed by atoms with Crippen molar-refractivity contribution in [1.29, 1.82) is 0 Å². The number of rotatable bonds is 3. The van der Waals surface area contributed by atoms with Crippen LogP contribution >= 0.6 is 0 Å². The smallest absolute Gasteiger partial charge is 0.311 e. The van der Waals surface area contributed by atoms with Gasteiger partial charge in [-0.2, -0.15) is 0 Å². The Balaban J connectivity index is 2.33. The highest BCUT2D eigenvalue weighted by Crippen LogP contribution is 2.09. The van der Waals surface area contributed by atoms with Crippen molar-refractivity contribution in [3.8, 4) is 0 Å². The Hall–Kier alpha value is -1.10. The van der Waals surface area contributed by atoms with Gasteiger partial charge in [-0.1, -0.05) is 12.8 Å². The molecule has 0 bridgehead atoms. The average Bonchev–Trinajstić information content (AvgIpc) is 2.56. The van der Waals surface area contributed by atoms with Crippen molar-refractivity contribution in [2.24, 2.45) is 0 Å². The molecule has 0 unspecified atom stereocenters. The zero-order chi connectivity index (χ0) is 11.8. The van der Waals surface area contributed by atoms with E-state index in [9.17, 15) is 9.59 Å². The van der Waals surface area contributed by atoms with Crippen LogP contribution in [0.25, 0.3) is 0 Å². The topological polar surface area (TPSA) is 69.6 Å². The molecular formula is C11H20N2O3. The molecule has 92 valence electrons. The van der Waals surface area contributed by atoms with Gasteiger partial charge in [0, 0.05) is 26.2 Å². The van der Waals surface area contributed by atoms with Crippen molar-refractivity contribution in [3.63, 3.8) is 0 Å². The Labute approximate surface area is 95.8 Å². The summed E-state index contributed by atoms with van der Waals surface area (Å²) < 4.78 is 0. The Kier molecular flexibility index (Phi) is 5.85. The first kappa shape index (κ1) is 13.0. The van der Waals surface area contributed by atoms with Gasteiger partial charge in [0.05, 0.1) is 0 Å². The van der Waals surface area contributed by atoms with E-state index in [0.717, 1.165) is 25.7 Å². The van der Waals surface area contributed by atoms with Gasteiger partial charge < -0.3 is 15.3 Å². The molecule has 5 heteroatoms. The summed E-state index contributed by atoms with van der Waals surface area (Å²) in [6, 6.07) is 0. The maximum atomic E-state index is 11.7. The second-order valence-electron chi connectivity index (χ2n) is 4.04. The van der Waals surface area contributed by atoms with E-state index < -0.39 is 11.8 Å². The van der Waals surface area contributed by atoms with Gasteiger partial charge in [-0.15, -0.1) is 0 Å². The molecule has 0 aromatic carbocycles. The van der Waals surface area contributed by atoms with Crippen molar-refractivity contribution < 1.29 is 14.7 Å². The van der Waals surface area contributed by atoms with Crippen LogP contribution in [0.5, 0.6) is 0 Å². The zero-order valence-electron chi connectivity index (χ0n) is 9.57. The first-order valence-electron chi connectivity index (χ1n) is 5.93. The Morgan fingerprint density at radius 3 is 2.31 bits per heavy atom. The van der Waals surface area contributed by atoms with Crippen LogP contribution in [-0.2, 0) is 9.59 Å². The second kappa shape index (κ2) is 7.22. The highest BCUT2D eigenvalue weighted by atomic mass is 16.3. The lowest BCUT2D eigenvalue weighted by atomic mass is 10.2. The predicted molar refractivity (Wildman–Crippen MR) is 59.8 cm³/mol. The molecule has 0 aromatic heterocycles. The molecule has 5 nitrogen and oxygen atoms in total. The van der Waals surface area contributed by atoms with Gasteiger partial charge in [0.1, 0.15) is 0 Å². The van der Waals surface area contributed by atoms with Gasteiger partial charge in [-0.3, -0.25) is 9.59 Å². The minimum absolute atomic E-state index is 0.0260. The lowest BCUT2D eigenvalue weighted by molar-refractivity contribution is -0.145. The third-order valence-corrected chi connectivity index (χ3v) is 2.71. The molecule has 16 heavy (non-hydrogen) atoms. The average molecular weight is 228 g/mol. The van der Waals surface area contributed by atoms with Crippen molar-refractivity contribution in [2.45, 2.75) is 32.1 Å². The minimum atomic E-state index is -0.546. The number of aliphatic hydroxyl groups is 1. The van der Waals surface area contributed by atoms with Crippen LogP contribution in [0.4, 0.5) is 0 Å². The van der Waals surface area contributed by atoms with Crippen LogP contribution in [0.2, 0.25) is 0 Å². The van der Waals surface area contributed by atoms with E-state index in [1.807, 2.05) is 0 Å². The van der Waals surface area contributed by atoms with Crippen molar-refractivity contribution in [1.82, 2.24) is 10.2 Å². The molecule has 0 aliphatic carbocycles. The number of amides is 2. The molecule has 0 spiro atoms. The van der Waals surface area contributed by atoms with E-state index >= 15 is 0 Å². The third kappa shape index (κ3) is 4.18. The fourth-order valence-corrected chi connectivity index (χ4v) is 1.77. The number of aliphatic hydroxyl groups excluding tert-OH is 1. The number of nitrogens with one attached hydrogen (secondary N) is 1. The predicted octanol–water partition coefficient (Wildman–Crippen LogP) is -0.112. The fourth-order valence-electron chi connectivity index (χ4n) is 1.77. The van der Waals surface area contributed by atoms with Gasteiger partial charge in [0.2, 0.25) is 0 Å². The summed E-state index contributed by atoms with van der Waals surface area (Å²) in [5.74, 6) is -0.977. The van der Waals surface area contributed by atoms with E-state index in [1.54, 1.807) is 4.90 Å². The highest BCUT2D eigenvalue weighted by molar-refractivity contribution is 6.34. The highest BCUT2D eigenvalue weighted by Gasteiger charge is 2.21. The summed E-state index contributed by atoms with van der Waals surface area (Å²) >= 11 is 0. The van der Waals surface area contributed by atoms with E-state index in [2.05, 4.69) is 5.32 Å². The summed E-state index contributed by atoms with van der Waals surface area (Å²) in [7, 11) is 0. The zero-order valence-corrected chi connectivity index (χ0v) is 9.57. The van der Waals surface area contributed by atoms with Crippen molar-refractivity contribution >= 4 is 11.8 Å². The number of carbonyl (C=O) groups is 2. The molecule has 2 N–H and O–H groups in total. The minimum Gasteiger partial charge on any atom is -0.396 e. The molecule has 2 amide bonds. The van der Waals surface area contributed by atoms with Gasteiger partial charge in [0.15, 0.2) is 0 Å². The summed E-state index contributed by atoms with van der Waals surface area (Å²) in [5.41, 5.74) is 0. The van der Waals surface area contributed by atoms with E-state index in [-0.39, 0.29) is 6.61 Å². The second-order valence-corrected chi connectivity index (χ2v) is 4.04. The first-order valence-corrected chi connectivity index (χ1v) is 5.93. The van der Waals surface area contributed by atoms with Crippen LogP contribution in [0, 0.1) is 0 Å². The standard InChI is InChI=1S/C11H20N2O3/c14-9-5-6-12-10(15)11(16)13-7-3-1-2-4-8-13/h14H,1-9H2,(H,12,15).